The molecule has 4 nitrogen and oxygen atoms in total. The van der Waals surface area contributed by atoms with E-state index in [9.17, 15) is 4.79 Å². The molecule has 1 unspecified atom stereocenters. The first-order valence-corrected chi connectivity index (χ1v) is 5.14. The second-order valence-corrected chi connectivity index (χ2v) is 4.50. The molecule has 1 fully saturated rings. The van der Waals surface area contributed by atoms with Crippen molar-refractivity contribution in [1.29, 1.82) is 0 Å². The van der Waals surface area contributed by atoms with E-state index in [2.05, 4.69) is 5.32 Å². The maximum atomic E-state index is 11.4. The normalized spacial score (nSPS) is 27.3. The van der Waals surface area contributed by atoms with Crippen LogP contribution in [0.2, 0.25) is 0 Å². The average molecular weight is 200 g/mol. The molecule has 0 aromatic rings. The fraction of sp³-hybridized carbons (Fsp3) is 0.900. The Balaban J connectivity index is 2.36. The molecule has 0 saturated carbocycles. The number of nitrogens with one attached hydrogen (secondary N) is 1. The van der Waals surface area contributed by atoms with Gasteiger partial charge in [-0.3, -0.25) is 4.79 Å². The monoisotopic (exact) mass is 200 g/mol. The van der Waals surface area contributed by atoms with Crippen molar-refractivity contribution in [3.8, 4) is 0 Å². The minimum atomic E-state index is -0.390. The lowest BCUT2D eigenvalue weighted by Gasteiger charge is -2.17. The molecule has 0 spiro atoms. The van der Waals surface area contributed by atoms with Crippen molar-refractivity contribution in [3.05, 3.63) is 0 Å². The van der Waals surface area contributed by atoms with Crippen molar-refractivity contribution in [1.82, 2.24) is 5.32 Å². The fourth-order valence-electron chi connectivity index (χ4n) is 1.62. The van der Waals surface area contributed by atoms with Crippen molar-refractivity contribution >= 4 is 5.91 Å². The van der Waals surface area contributed by atoms with Gasteiger partial charge in [0.15, 0.2) is 0 Å². The van der Waals surface area contributed by atoms with Gasteiger partial charge in [-0.05, 0) is 26.7 Å². The third kappa shape index (κ3) is 2.96. The minimum absolute atomic E-state index is 0.0706. The first kappa shape index (κ1) is 11.5. The van der Waals surface area contributed by atoms with Gasteiger partial charge in [0.1, 0.15) is 0 Å². The van der Waals surface area contributed by atoms with Crippen molar-refractivity contribution in [2.45, 2.75) is 51.3 Å². The van der Waals surface area contributed by atoms with Gasteiger partial charge in [0.05, 0.1) is 24.3 Å². The Morgan fingerprint density at radius 3 is 2.79 bits per heavy atom. The Hall–Kier alpha value is -0.610. The van der Waals surface area contributed by atoms with E-state index in [1.165, 1.54) is 0 Å². The highest BCUT2D eigenvalue weighted by molar-refractivity contribution is 5.81. The van der Waals surface area contributed by atoms with E-state index in [4.69, 9.17) is 10.5 Å². The van der Waals surface area contributed by atoms with E-state index in [0.29, 0.717) is 13.0 Å². The largest absolute Gasteiger partial charge is 0.373 e. The van der Waals surface area contributed by atoms with Crippen LogP contribution >= 0.6 is 0 Å². The SMILES string of the molecule is CC[C@@H](N)C(=O)NC1COC(C)(C)C1. The molecule has 1 aliphatic heterocycles. The van der Waals surface area contributed by atoms with Crippen LogP contribution in [0.3, 0.4) is 0 Å². The first-order chi connectivity index (χ1) is 6.44. The molecule has 82 valence electrons. The number of nitrogens with two attached hydrogens (primary N) is 1. The summed E-state index contributed by atoms with van der Waals surface area (Å²) in [5.41, 5.74) is 5.49. The number of carbonyl (C=O) groups excluding carboxylic acids is 1. The zero-order valence-electron chi connectivity index (χ0n) is 9.17. The number of ether oxygens (including phenoxy) is 1. The lowest BCUT2D eigenvalue weighted by Crippen LogP contribution is -2.45. The van der Waals surface area contributed by atoms with Gasteiger partial charge in [-0.25, -0.2) is 0 Å². The molecular formula is C10H20N2O2. The predicted octanol–water partition coefficient (Wildman–Crippen LogP) is 0.407. The van der Waals surface area contributed by atoms with Gasteiger partial charge < -0.3 is 15.8 Å². The number of rotatable bonds is 3. The van der Waals surface area contributed by atoms with E-state index >= 15 is 0 Å². The highest BCUT2D eigenvalue weighted by atomic mass is 16.5. The Bertz CT molecular complexity index is 216. The van der Waals surface area contributed by atoms with Gasteiger partial charge in [0, 0.05) is 0 Å². The zero-order valence-corrected chi connectivity index (χ0v) is 9.17. The fourth-order valence-corrected chi connectivity index (χ4v) is 1.62. The van der Waals surface area contributed by atoms with Gasteiger partial charge >= 0.3 is 0 Å². The van der Waals surface area contributed by atoms with Gasteiger partial charge in [0.25, 0.3) is 0 Å². The molecule has 14 heavy (non-hydrogen) atoms. The summed E-state index contributed by atoms with van der Waals surface area (Å²) in [5.74, 6) is -0.0706. The molecule has 3 N–H and O–H groups in total. The van der Waals surface area contributed by atoms with Gasteiger partial charge in [0.2, 0.25) is 5.91 Å². The van der Waals surface area contributed by atoms with Crippen LogP contribution in [0.1, 0.15) is 33.6 Å². The Labute approximate surface area is 85.2 Å². The number of hydrogen-bond donors (Lipinski definition) is 2. The van der Waals surface area contributed by atoms with Crippen LogP contribution in [0.25, 0.3) is 0 Å². The van der Waals surface area contributed by atoms with E-state index in [-0.39, 0.29) is 17.6 Å². The van der Waals surface area contributed by atoms with Crippen molar-refractivity contribution < 1.29 is 9.53 Å². The highest BCUT2D eigenvalue weighted by Gasteiger charge is 2.33. The van der Waals surface area contributed by atoms with Crippen LogP contribution < -0.4 is 11.1 Å². The Morgan fingerprint density at radius 1 is 1.71 bits per heavy atom. The maximum Gasteiger partial charge on any atom is 0.237 e. The van der Waals surface area contributed by atoms with E-state index in [1.807, 2.05) is 20.8 Å². The summed E-state index contributed by atoms with van der Waals surface area (Å²) in [6.45, 7) is 6.55. The van der Waals surface area contributed by atoms with Crippen LogP contribution in [-0.2, 0) is 9.53 Å². The second kappa shape index (κ2) is 4.28. The number of hydrogen-bond acceptors (Lipinski definition) is 3. The summed E-state index contributed by atoms with van der Waals surface area (Å²) in [5, 5.41) is 2.90. The van der Waals surface area contributed by atoms with E-state index < -0.39 is 6.04 Å². The third-order valence-electron chi connectivity index (χ3n) is 2.54. The zero-order chi connectivity index (χ0) is 10.8. The topological polar surface area (TPSA) is 64.4 Å². The highest BCUT2D eigenvalue weighted by Crippen LogP contribution is 2.24. The average Bonchev–Trinajstić information content (AvgIpc) is 2.44. The van der Waals surface area contributed by atoms with Crippen LogP contribution in [0.15, 0.2) is 0 Å². The summed E-state index contributed by atoms with van der Waals surface area (Å²) in [6, 6.07) is -0.270. The Morgan fingerprint density at radius 2 is 2.36 bits per heavy atom. The predicted molar refractivity (Wildman–Crippen MR) is 54.8 cm³/mol. The van der Waals surface area contributed by atoms with Crippen molar-refractivity contribution in [2.75, 3.05) is 6.61 Å². The number of carbonyl (C=O) groups is 1. The summed E-state index contributed by atoms with van der Waals surface area (Å²) < 4.78 is 5.51. The minimum Gasteiger partial charge on any atom is -0.373 e. The van der Waals surface area contributed by atoms with Crippen molar-refractivity contribution in [2.24, 2.45) is 5.73 Å². The summed E-state index contributed by atoms with van der Waals surface area (Å²) in [7, 11) is 0. The molecule has 2 atom stereocenters. The molecular weight excluding hydrogens is 180 g/mol. The molecule has 0 radical (unpaired) electrons. The first-order valence-electron chi connectivity index (χ1n) is 5.14. The summed E-state index contributed by atoms with van der Waals surface area (Å²) >= 11 is 0. The molecule has 0 aromatic carbocycles. The molecule has 0 bridgehead atoms. The second-order valence-electron chi connectivity index (χ2n) is 4.50. The van der Waals surface area contributed by atoms with E-state index in [1.54, 1.807) is 0 Å². The molecule has 0 aliphatic carbocycles. The summed E-state index contributed by atoms with van der Waals surface area (Å²) in [6.07, 6.45) is 1.53. The van der Waals surface area contributed by atoms with Gasteiger partial charge in [-0.15, -0.1) is 0 Å². The summed E-state index contributed by atoms with van der Waals surface area (Å²) in [4.78, 5) is 11.4. The molecule has 1 heterocycles. The number of amides is 1. The molecule has 1 aliphatic rings. The van der Waals surface area contributed by atoms with Crippen LogP contribution in [0.5, 0.6) is 0 Å². The van der Waals surface area contributed by atoms with E-state index in [0.717, 1.165) is 6.42 Å². The van der Waals surface area contributed by atoms with Crippen molar-refractivity contribution in [3.63, 3.8) is 0 Å². The quantitative estimate of drug-likeness (QED) is 0.693. The molecule has 0 aromatic heterocycles. The lowest BCUT2D eigenvalue weighted by atomic mass is 10.0. The molecule has 1 saturated heterocycles. The molecule has 1 rings (SSSR count). The van der Waals surface area contributed by atoms with Crippen LogP contribution in [0.4, 0.5) is 0 Å². The standard InChI is InChI=1S/C10H20N2O2/c1-4-8(11)9(13)12-7-5-10(2,3)14-6-7/h7-8H,4-6,11H2,1-3H3,(H,12,13)/t7?,8-/m1/s1. The van der Waals surface area contributed by atoms with Crippen LogP contribution in [-0.4, -0.2) is 30.2 Å². The lowest BCUT2D eigenvalue weighted by molar-refractivity contribution is -0.123. The molecule has 1 amide bonds. The smallest absolute Gasteiger partial charge is 0.237 e. The Kier molecular flexibility index (Phi) is 3.50. The van der Waals surface area contributed by atoms with Gasteiger partial charge in [-0.1, -0.05) is 6.92 Å². The maximum absolute atomic E-state index is 11.4. The van der Waals surface area contributed by atoms with Gasteiger partial charge in [-0.2, -0.15) is 0 Å². The third-order valence-corrected chi connectivity index (χ3v) is 2.54. The molecule has 4 heteroatoms. The van der Waals surface area contributed by atoms with Crippen LogP contribution in [0, 0.1) is 0 Å².